The molecule has 0 saturated carbocycles. The quantitative estimate of drug-likeness (QED) is 0.211. The van der Waals surface area contributed by atoms with E-state index in [1.54, 1.807) is 6.08 Å². The monoisotopic (exact) mass is 796 g/mol. The Bertz CT molecular complexity index is 1040. The Labute approximate surface area is 335 Å². The summed E-state index contributed by atoms with van der Waals surface area (Å²) in [6, 6.07) is 9.80. The molecule has 0 bridgehead atoms. The predicted octanol–water partition coefficient (Wildman–Crippen LogP) is 18.0. The molecule has 0 amide bonds. The second-order valence-corrected chi connectivity index (χ2v) is 43.2. The zero-order valence-corrected chi connectivity index (χ0v) is 43.8. The second-order valence-electron chi connectivity index (χ2n) is 24.1. The maximum Gasteiger partial charge on any atom is -0.0653 e. The van der Waals surface area contributed by atoms with Crippen LogP contribution in [-0.2, 0) is 17.2 Å². The van der Waals surface area contributed by atoms with Crippen molar-refractivity contribution in [3.63, 3.8) is 0 Å². The fourth-order valence-electron chi connectivity index (χ4n) is 11.1. The molecule has 1 aromatic carbocycles. The Morgan fingerprint density at radius 2 is 0.627 bits per heavy atom. The minimum atomic E-state index is -2.10. The molecule has 2 N–H and O–H groups in total. The molecular formula is C44H90N3Si3V-3. The van der Waals surface area contributed by atoms with E-state index in [0.29, 0.717) is 0 Å². The molecule has 1 rings (SSSR count). The predicted molar refractivity (Wildman–Crippen MR) is 241 cm³/mol. The van der Waals surface area contributed by atoms with Crippen LogP contribution in [0.1, 0.15) is 193 Å². The number of benzene rings is 1. The number of nitrogens with one attached hydrogen (secondary N) is 2. The Morgan fingerprint density at radius 1 is 0.431 bits per heavy atom. The summed E-state index contributed by atoms with van der Waals surface area (Å²) in [5.41, 5.74) is 1.06. The van der Waals surface area contributed by atoms with Crippen LogP contribution in [0.5, 0.6) is 0 Å². The van der Waals surface area contributed by atoms with Gasteiger partial charge in [-0.25, -0.2) is 6.08 Å². The van der Waals surface area contributed by atoms with Gasteiger partial charge < -0.3 is 10.8 Å². The van der Waals surface area contributed by atoms with Gasteiger partial charge in [-0.05, 0) is 16.5 Å². The maximum absolute atomic E-state index is 9.01. The van der Waals surface area contributed by atoms with E-state index in [2.05, 4.69) is 204 Å². The van der Waals surface area contributed by atoms with Crippen LogP contribution < -0.4 is 0 Å². The number of nitrogens with zero attached hydrogens (tertiary/aromatic N) is 1. The van der Waals surface area contributed by atoms with Crippen molar-refractivity contribution in [2.75, 3.05) is 0 Å². The summed E-state index contributed by atoms with van der Waals surface area (Å²) in [6.07, 6.45) is 1.58. The summed E-state index contributed by atoms with van der Waals surface area (Å²) < 4.78 is 4.91. The minimum absolute atomic E-state index is 0.128. The van der Waals surface area contributed by atoms with Crippen LogP contribution in [0.15, 0.2) is 33.8 Å². The van der Waals surface area contributed by atoms with Crippen molar-refractivity contribution in [3.8, 4) is 0 Å². The topological polar surface area (TPSA) is 60.0 Å². The summed E-state index contributed by atoms with van der Waals surface area (Å²) >= 11 is 2.51. The average molecular weight is 796 g/mol. The van der Waals surface area contributed by atoms with Crippen LogP contribution in [0.25, 0.3) is 16.9 Å². The Morgan fingerprint density at radius 3 is 0.686 bits per heavy atom. The normalized spacial score (nSPS) is 14.5. The van der Waals surface area contributed by atoms with Crippen LogP contribution in [-0.4, -0.2) is 24.7 Å². The van der Waals surface area contributed by atoms with Gasteiger partial charge in [0.05, 0.1) is 0 Å². The summed E-state index contributed by atoms with van der Waals surface area (Å²) in [7, 11) is -5.99. The molecule has 51 heavy (non-hydrogen) atoms. The first-order chi connectivity index (χ1) is 21.7. The molecule has 301 valence electrons. The average Bonchev–Trinajstić information content (AvgIpc) is 2.83. The van der Waals surface area contributed by atoms with Crippen molar-refractivity contribution in [1.29, 1.82) is 0 Å². The van der Waals surface area contributed by atoms with Crippen LogP contribution >= 0.6 is 0 Å². The molecule has 0 heterocycles. The molecule has 0 aliphatic carbocycles. The number of rotatable bonds is 2. The zero-order chi connectivity index (χ0) is 42.5. The third-order valence-electron chi connectivity index (χ3n) is 11.1. The van der Waals surface area contributed by atoms with Gasteiger partial charge in [-0.1, -0.05) is 173 Å². The SMILES string of the molecule is CC(C)(C)[Si]([NH-])(C(C)(C)C)C(C)(C)C.CC(C)(C)[Si]([NH-])(C(C)(C)C)C(C)(C)C.CC(C)(C)[Si]([N]=[V])(C(C)(C)C)C(C)(C)C.[CH-]=Cc1ccccc1. The molecule has 0 spiro atoms. The van der Waals surface area contributed by atoms with E-state index in [-0.39, 0.29) is 45.3 Å². The molecule has 0 fully saturated rings. The van der Waals surface area contributed by atoms with Gasteiger partial charge >= 0.3 is 106 Å². The van der Waals surface area contributed by atoms with Gasteiger partial charge in [-0.15, -0.1) is 12.1 Å². The van der Waals surface area contributed by atoms with E-state index in [9.17, 15) is 0 Å². The van der Waals surface area contributed by atoms with Crippen molar-refractivity contribution in [2.24, 2.45) is 3.46 Å². The first kappa shape index (κ1) is 55.3. The second kappa shape index (κ2) is 17.8. The van der Waals surface area contributed by atoms with Gasteiger partial charge in [0.1, 0.15) is 0 Å². The number of hydrogen-bond acceptors (Lipinski definition) is 1. The van der Waals surface area contributed by atoms with E-state index < -0.39 is 24.7 Å². The molecule has 7 heteroatoms. The van der Waals surface area contributed by atoms with Crippen molar-refractivity contribution in [1.82, 2.24) is 0 Å². The van der Waals surface area contributed by atoms with Crippen LogP contribution in [0.3, 0.4) is 0 Å². The molecule has 0 atom stereocenters. The summed E-state index contributed by atoms with van der Waals surface area (Å²) in [4.78, 5) is 0. The van der Waals surface area contributed by atoms with Gasteiger partial charge in [0, 0.05) is 0 Å². The molecule has 0 aromatic heterocycles. The first-order valence-corrected chi connectivity index (χ1v) is 25.8. The molecule has 0 radical (unpaired) electrons. The van der Waals surface area contributed by atoms with E-state index in [1.807, 2.05) is 30.3 Å². The van der Waals surface area contributed by atoms with Gasteiger partial charge in [0.15, 0.2) is 0 Å². The van der Waals surface area contributed by atoms with Crippen molar-refractivity contribution < 1.29 is 17.2 Å². The third kappa shape index (κ3) is 13.0. The Kier molecular flexibility index (Phi) is 19.3. The fourth-order valence-corrected chi connectivity index (χ4v) is 36.5. The summed E-state index contributed by atoms with van der Waals surface area (Å²) in [5, 5.41) is 19.7. The van der Waals surface area contributed by atoms with E-state index in [0.717, 1.165) is 5.56 Å². The first-order valence-electron chi connectivity index (χ1n) is 19.2. The van der Waals surface area contributed by atoms with Gasteiger partial charge in [0.2, 0.25) is 0 Å². The van der Waals surface area contributed by atoms with E-state index in [4.69, 9.17) is 20.8 Å². The van der Waals surface area contributed by atoms with Crippen LogP contribution in [0, 0.1) is 6.58 Å². The van der Waals surface area contributed by atoms with Crippen molar-refractivity contribution in [3.05, 3.63) is 53.3 Å². The molecule has 0 aliphatic rings. The smallest absolute Gasteiger partial charge is 0.0653 e. The molecule has 0 saturated heterocycles. The molecule has 3 nitrogen and oxygen atoms in total. The van der Waals surface area contributed by atoms with Gasteiger partial charge in [-0.2, -0.15) is 5.56 Å². The summed E-state index contributed by atoms with van der Waals surface area (Å²) in [6.45, 7) is 66.7. The van der Waals surface area contributed by atoms with Crippen LogP contribution in [0.2, 0.25) is 45.3 Å². The van der Waals surface area contributed by atoms with Crippen molar-refractivity contribution in [2.45, 2.75) is 232 Å². The molecular weight excluding hydrogens is 706 g/mol. The Hall–Kier alpha value is -0.0849. The Balaban J connectivity index is -0.000000613. The standard InChI is InChI=1S/2C12H28NSi.C12H27NSi.C8H7.V/c3*1-10(2,3)14(13,11(4,5)6)12(7,8)9;1-2-8-6-4-3-5-7-8;/h2*13H,1-9H3;1-9H3;1-7H;/q2*-1;;-1;. The van der Waals surface area contributed by atoms with Crippen LogP contribution in [0.4, 0.5) is 0 Å². The fraction of sp³-hybridized carbons (Fsp3) is 0.818. The molecule has 0 unspecified atom stereocenters. The minimum Gasteiger partial charge on any atom is -0.292 e. The van der Waals surface area contributed by atoms with Gasteiger partial charge in [-0.3, -0.25) is 6.58 Å². The summed E-state index contributed by atoms with van der Waals surface area (Å²) in [5.74, 6) is 0. The molecule has 0 aliphatic heterocycles. The largest absolute Gasteiger partial charge is 0.292 e. The van der Waals surface area contributed by atoms with E-state index in [1.165, 1.54) is 0 Å². The van der Waals surface area contributed by atoms with Gasteiger partial charge in [0.25, 0.3) is 0 Å². The zero-order valence-electron chi connectivity index (χ0n) is 39.4. The number of hydrogen-bond donors (Lipinski definition) is 0. The maximum atomic E-state index is 9.01. The third-order valence-corrected chi connectivity index (χ3v) is 32.9. The van der Waals surface area contributed by atoms with Crippen molar-refractivity contribution >= 4 is 30.8 Å². The molecule has 1 aromatic rings. The van der Waals surface area contributed by atoms with E-state index >= 15 is 0 Å².